The number of hydrogen-bond acceptors (Lipinski definition) is 3. The summed E-state index contributed by atoms with van der Waals surface area (Å²) in [7, 11) is 0. The number of halogens is 2. The zero-order chi connectivity index (χ0) is 15.4. The number of thiophene rings is 1. The summed E-state index contributed by atoms with van der Waals surface area (Å²) in [5, 5.41) is 14.2. The van der Waals surface area contributed by atoms with Gasteiger partial charge in [-0.05, 0) is 29.1 Å². The summed E-state index contributed by atoms with van der Waals surface area (Å²) in [6.45, 7) is 0. The average Bonchev–Trinajstić information content (AvgIpc) is 2.93. The molecule has 0 fully saturated rings. The second kappa shape index (κ2) is 6.93. The van der Waals surface area contributed by atoms with E-state index in [1.165, 1.54) is 11.3 Å². The summed E-state index contributed by atoms with van der Waals surface area (Å²) in [4.78, 5) is 23.8. The van der Waals surface area contributed by atoms with Crippen LogP contribution >= 0.6 is 34.5 Å². The van der Waals surface area contributed by atoms with Crippen LogP contribution in [0.5, 0.6) is 0 Å². The van der Waals surface area contributed by atoms with Crippen LogP contribution in [0.4, 0.5) is 0 Å². The molecule has 21 heavy (non-hydrogen) atoms. The van der Waals surface area contributed by atoms with Crippen LogP contribution in [0.2, 0.25) is 10.0 Å². The van der Waals surface area contributed by atoms with Crippen molar-refractivity contribution in [1.82, 2.24) is 5.32 Å². The summed E-state index contributed by atoms with van der Waals surface area (Å²) in [6.07, 6.45) is 0.0338. The molecule has 1 unspecified atom stereocenters. The van der Waals surface area contributed by atoms with Gasteiger partial charge in [0.25, 0.3) is 0 Å². The van der Waals surface area contributed by atoms with Crippen molar-refractivity contribution in [2.75, 3.05) is 0 Å². The first kappa shape index (κ1) is 15.8. The number of rotatable bonds is 5. The van der Waals surface area contributed by atoms with E-state index < -0.39 is 17.9 Å². The van der Waals surface area contributed by atoms with Crippen LogP contribution in [0.25, 0.3) is 0 Å². The van der Waals surface area contributed by atoms with Crippen molar-refractivity contribution in [2.45, 2.75) is 12.5 Å². The molecule has 1 atom stereocenters. The molecule has 0 aliphatic rings. The number of carboxylic acid groups (broad SMARTS) is 1. The maximum Gasteiger partial charge on any atom is 0.331 e. The van der Waals surface area contributed by atoms with E-state index in [2.05, 4.69) is 5.32 Å². The van der Waals surface area contributed by atoms with E-state index in [4.69, 9.17) is 23.2 Å². The van der Waals surface area contributed by atoms with Gasteiger partial charge in [0.15, 0.2) is 6.04 Å². The molecule has 0 aliphatic heterocycles. The second-order valence-electron chi connectivity index (χ2n) is 4.28. The minimum Gasteiger partial charge on any atom is -0.479 e. The minimum absolute atomic E-state index is 0.0338. The van der Waals surface area contributed by atoms with Crippen LogP contribution in [-0.4, -0.2) is 17.0 Å². The van der Waals surface area contributed by atoms with Crippen molar-refractivity contribution in [3.63, 3.8) is 0 Å². The van der Waals surface area contributed by atoms with Gasteiger partial charge < -0.3 is 10.4 Å². The highest BCUT2D eigenvalue weighted by molar-refractivity contribution is 7.10. The monoisotopic (exact) mass is 343 g/mol. The van der Waals surface area contributed by atoms with Gasteiger partial charge in [-0.25, -0.2) is 4.79 Å². The van der Waals surface area contributed by atoms with Crippen LogP contribution in [0.15, 0.2) is 35.7 Å². The van der Waals surface area contributed by atoms with Crippen molar-refractivity contribution in [3.05, 3.63) is 56.2 Å². The van der Waals surface area contributed by atoms with Crippen LogP contribution in [-0.2, 0) is 16.0 Å². The van der Waals surface area contributed by atoms with Gasteiger partial charge in [0.05, 0.1) is 16.5 Å². The lowest BCUT2D eigenvalue weighted by Gasteiger charge is -2.13. The highest BCUT2D eigenvalue weighted by Gasteiger charge is 2.22. The summed E-state index contributed by atoms with van der Waals surface area (Å²) < 4.78 is 0. The van der Waals surface area contributed by atoms with E-state index in [0.29, 0.717) is 20.5 Å². The molecule has 2 aromatic rings. The highest BCUT2D eigenvalue weighted by Crippen LogP contribution is 2.23. The predicted molar refractivity (Wildman–Crippen MR) is 83.0 cm³/mol. The molecule has 1 amide bonds. The Hall–Kier alpha value is -1.56. The number of hydrogen-bond donors (Lipinski definition) is 2. The molecule has 1 aromatic heterocycles. The van der Waals surface area contributed by atoms with E-state index >= 15 is 0 Å². The van der Waals surface area contributed by atoms with Crippen molar-refractivity contribution < 1.29 is 14.7 Å². The van der Waals surface area contributed by atoms with Crippen LogP contribution in [0.3, 0.4) is 0 Å². The third kappa shape index (κ3) is 4.20. The Morgan fingerprint density at radius 3 is 2.57 bits per heavy atom. The predicted octanol–water partition coefficient (Wildman–Crippen LogP) is 3.54. The normalized spacial score (nSPS) is 11.9. The van der Waals surface area contributed by atoms with Crippen LogP contribution < -0.4 is 5.32 Å². The Morgan fingerprint density at radius 2 is 2.00 bits per heavy atom. The SMILES string of the molecule is O=C(Cc1ccc(Cl)c(Cl)c1)NC(C(=O)O)c1cccs1. The first-order chi connectivity index (χ1) is 9.97. The van der Waals surface area contributed by atoms with Gasteiger partial charge in [0.2, 0.25) is 5.91 Å². The Balaban J connectivity index is 2.06. The van der Waals surface area contributed by atoms with E-state index in [1.54, 1.807) is 35.7 Å². The quantitative estimate of drug-likeness (QED) is 0.872. The minimum atomic E-state index is -1.10. The highest BCUT2D eigenvalue weighted by atomic mass is 35.5. The van der Waals surface area contributed by atoms with Crippen molar-refractivity contribution in [3.8, 4) is 0 Å². The van der Waals surface area contributed by atoms with Gasteiger partial charge in [0.1, 0.15) is 0 Å². The smallest absolute Gasteiger partial charge is 0.331 e. The number of amides is 1. The fourth-order valence-corrected chi connectivity index (χ4v) is 2.85. The molecule has 1 aromatic carbocycles. The number of aliphatic carboxylic acids is 1. The molecule has 110 valence electrons. The van der Waals surface area contributed by atoms with Crippen molar-refractivity contribution in [1.29, 1.82) is 0 Å². The zero-order valence-electron chi connectivity index (χ0n) is 10.7. The molecular weight excluding hydrogens is 333 g/mol. The van der Waals surface area contributed by atoms with E-state index in [9.17, 15) is 14.7 Å². The molecule has 0 saturated heterocycles. The van der Waals surface area contributed by atoms with Gasteiger partial charge in [0, 0.05) is 4.88 Å². The Bertz CT molecular complexity index is 658. The van der Waals surface area contributed by atoms with E-state index in [0.717, 1.165) is 0 Å². The molecular formula is C14H11Cl2NO3S. The molecule has 1 heterocycles. The first-order valence-electron chi connectivity index (χ1n) is 5.97. The summed E-state index contributed by atoms with van der Waals surface area (Å²) in [6, 6.07) is 7.23. The summed E-state index contributed by atoms with van der Waals surface area (Å²) in [5.41, 5.74) is 0.664. The lowest BCUT2D eigenvalue weighted by atomic mass is 10.1. The molecule has 4 nitrogen and oxygen atoms in total. The Kier molecular flexibility index (Phi) is 5.22. The average molecular weight is 344 g/mol. The number of carbonyl (C=O) groups is 2. The second-order valence-corrected chi connectivity index (χ2v) is 6.07. The maximum absolute atomic E-state index is 12.0. The Morgan fingerprint density at radius 1 is 1.24 bits per heavy atom. The van der Waals surface area contributed by atoms with Crippen molar-refractivity contribution >= 4 is 46.4 Å². The molecule has 0 radical (unpaired) electrons. The van der Waals surface area contributed by atoms with E-state index in [1.807, 2.05) is 0 Å². The molecule has 0 bridgehead atoms. The molecule has 7 heteroatoms. The molecule has 0 aliphatic carbocycles. The summed E-state index contributed by atoms with van der Waals surface area (Å²) >= 11 is 13.0. The number of benzene rings is 1. The lowest BCUT2D eigenvalue weighted by molar-refractivity contribution is -0.141. The fraction of sp³-hybridized carbons (Fsp3) is 0.143. The third-order valence-electron chi connectivity index (χ3n) is 2.73. The van der Waals surface area contributed by atoms with E-state index in [-0.39, 0.29) is 6.42 Å². The maximum atomic E-state index is 12.0. The summed E-state index contributed by atoms with van der Waals surface area (Å²) in [5.74, 6) is -1.49. The van der Waals surface area contributed by atoms with Gasteiger partial charge in [-0.2, -0.15) is 0 Å². The lowest BCUT2D eigenvalue weighted by Crippen LogP contribution is -2.34. The molecule has 0 saturated carbocycles. The fourth-order valence-electron chi connectivity index (χ4n) is 1.76. The van der Waals surface area contributed by atoms with Gasteiger partial charge in [-0.1, -0.05) is 35.3 Å². The largest absolute Gasteiger partial charge is 0.479 e. The number of carboxylic acids is 1. The molecule has 2 rings (SSSR count). The topological polar surface area (TPSA) is 66.4 Å². The van der Waals surface area contributed by atoms with Gasteiger partial charge in [-0.3, -0.25) is 4.79 Å². The van der Waals surface area contributed by atoms with Gasteiger partial charge >= 0.3 is 5.97 Å². The Labute approximate surface area is 135 Å². The number of carbonyl (C=O) groups excluding carboxylic acids is 1. The first-order valence-corrected chi connectivity index (χ1v) is 7.60. The van der Waals surface area contributed by atoms with Crippen molar-refractivity contribution in [2.24, 2.45) is 0 Å². The number of nitrogens with one attached hydrogen (secondary N) is 1. The standard InChI is InChI=1S/C14H11Cl2NO3S/c15-9-4-3-8(6-10(9)16)7-12(18)17-13(14(19)20)11-2-1-5-21-11/h1-6,13H,7H2,(H,17,18)(H,19,20). The van der Waals surface area contributed by atoms with Gasteiger partial charge in [-0.15, -0.1) is 11.3 Å². The third-order valence-corrected chi connectivity index (χ3v) is 4.40. The molecule has 2 N–H and O–H groups in total. The zero-order valence-corrected chi connectivity index (χ0v) is 13.0. The molecule has 0 spiro atoms. The van der Waals surface area contributed by atoms with Crippen LogP contribution in [0, 0.1) is 0 Å². The van der Waals surface area contributed by atoms with Crippen LogP contribution in [0.1, 0.15) is 16.5 Å².